The highest BCUT2D eigenvalue weighted by Crippen LogP contribution is 2.32. The number of halogens is 1. The van der Waals surface area contributed by atoms with Gasteiger partial charge < -0.3 is 14.5 Å². The standard InChI is InChI=1S/C16H21FN2O2/c17-13-3-4-14-15(11-13)21-18-16(14)12-5-8-19(9-6-12)7-1-2-10-20/h3-4,11-12,20H,1-2,5-10H2. The molecule has 114 valence electrons. The minimum Gasteiger partial charge on any atom is -0.396 e. The van der Waals surface area contributed by atoms with E-state index in [4.69, 9.17) is 9.63 Å². The topological polar surface area (TPSA) is 49.5 Å². The van der Waals surface area contributed by atoms with Crippen LogP contribution in [0.5, 0.6) is 0 Å². The van der Waals surface area contributed by atoms with E-state index < -0.39 is 0 Å². The van der Waals surface area contributed by atoms with Crippen LogP contribution in [0.2, 0.25) is 0 Å². The van der Waals surface area contributed by atoms with E-state index in [1.54, 1.807) is 6.07 Å². The van der Waals surface area contributed by atoms with Gasteiger partial charge in [0.15, 0.2) is 5.58 Å². The summed E-state index contributed by atoms with van der Waals surface area (Å²) in [6.45, 7) is 3.42. The first-order valence-electron chi connectivity index (χ1n) is 7.66. The summed E-state index contributed by atoms with van der Waals surface area (Å²) < 4.78 is 18.4. The fourth-order valence-corrected chi connectivity index (χ4v) is 3.10. The molecule has 5 heteroatoms. The van der Waals surface area contributed by atoms with Crippen LogP contribution >= 0.6 is 0 Å². The Morgan fingerprint density at radius 3 is 2.86 bits per heavy atom. The van der Waals surface area contributed by atoms with E-state index in [1.807, 2.05) is 0 Å². The summed E-state index contributed by atoms with van der Waals surface area (Å²) in [5.41, 5.74) is 1.51. The highest BCUT2D eigenvalue weighted by Gasteiger charge is 2.24. The zero-order valence-electron chi connectivity index (χ0n) is 12.1. The average molecular weight is 292 g/mol. The molecular formula is C16H21FN2O2. The summed E-state index contributed by atoms with van der Waals surface area (Å²) in [4.78, 5) is 2.44. The van der Waals surface area contributed by atoms with E-state index in [9.17, 15) is 4.39 Å². The molecule has 2 aromatic rings. The zero-order chi connectivity index (χ0) is 14.7. The molecule has 0 saturated carbocycles. The van der Waals surface area contributed by atoms with Gasteiger partial charge >= 0.3 is 0 Å². The molecule has 0 spiro atoms. The van der Waals surface area contributed by atoms with Gasteiger partial charge in [0, 0.05) is 24.0 Å². The maximum absolute atomic E-state index is 13.2. The number of hydrogen-bond donors (Lipinski definition) is 1. The van der Waals surface area contributed by atoms with Gasteiger partial charge in [-0.05, 0) is 57.5 Å². The molecule has 4 nitrogen and oxygen atoms in total. The van der Waals surface area contributed by atoms with Crippen molar-refractivity contribution >= 4 is 11.0 Å². The van der Waals surface area contributed by atoms with Crippen molar-refractivity contribution in [1.82, 2.24) is 10.1 Å². The number of benzene rings is 1. The third-order valence-electron chi connectivity index (χ3n) is 4.32. The SMILES string of the molecule is OCCCCN1CCC(c2noc3cc(F)ccc23)CC1. The van der Waals surface area contributed by atoms with E-state index in [-0.39, 0.29) is 12.4 Å². The number of likely N-dealkylation sites (tertiary alicyclic amines) is 1. The molecule has 0 atom stereocenters. The second kappa shape index (κ2) is 6.54. The number of aromatic nitrogens is 1. The van der Waals surface area contributed by atoms with Gasteiger partial charge in [0.2, 0.25) is 0 Å². The fraction of sp³-hybridized carbons (Fsp3) is 0.562. The van der Waals surface area contributed by atoms with Gasteiger partial charge in [-0.1, -0.05) is 5.16 Å². The predicted molar refractivity (Wildman–Crippen MR) is 78.7 cm³/mol. The Kier molecular flexibility index (Phi) is 4.51. The van der Waals surface area contributed by atoms with Crippen LogP contribution < -0.4 is 0 Å². The van der Waals surface area contributed by atoms with E-state index in [0.29, 0.717) is 11.5 Å². The highest BCUT2D eigenvalue weighted by molar-refractivity contribution is 5.79. The molecule has 2 heterocycles. The molecule has 0 bridgehead atoms. The monoisotopic (exact) mass is 292 g/mol. The van der Waals surface area contributed by atoms with E-state index >= 15 is 0 Å². The van der Waals surface area contributed by atoms with Crippen LogP contribution in [0, 0.1) is 5.82 Å². The van der Waals surface area contributed by atoms with Crippen LogP contribution in [0.4, 0.5) is 4.39 Å². The van der Waals surface area contributed by atoms with Gasteiger partial charge in [-0.2, -0.15) is 0 Å². The van der Waals surface area contributed by atoms with Gasteiger partial charge in [0.1, 0.15) is 5.82 Å². The molecule has 1 aliphatic heterocycles. The average Bonchev–Trinajstić information content (AvgIpc) is 2.91. The number of aliphatic hydroxyl groups is 1. The lowest BCUT2D eigenvalue weighted by molar-refractivity contribution is 0.197. The summed E-state index contributed by atoms with van der Waals surface area (Å²) in [5.74, 6) is 0.106. The van der Waals surface area contributed by atoms with Crippen LogP contribution in [-0.4, -0.2) is 41.4 Å². The predicted octanol–water partition coefficient (Wildman–Crippen LogP) is 2.92. The first-order chi connectivity index (χ1) is 10.3. The number of nitrogens with zero attached hydrogens (tertiary/aromatic N) is 2. The van der Waals surface area contributed by atoms with Crippen LogP contribution in [0.25, 0.3) is 11.0 Å². The van der Waals surface area contributed by atoms with Crippen LogP contribution in [0.1, 0.15) is 37.3 Å². The Hall–Kier alpha value is -1.46. The lowest BCUT2D eigenvalue weighted by Crippen LogP contribution is -2.33. The Morgan fingerprint density at radius 1 is 1.29 bits per heavy atom. The summed E-state index contributed by atoms with van der Waals surface area (Å²) in [6, 6.07) is 4.63. The van der Waals surface area contributed by atoms with E-state index in [1.165, 1.54) is 12.1 Å². The number of aliphatic hydroxyl groups excluding tert-OH is 1. The highest BCUT2D eigenvalue weighted by atomic mass is 19.1. The van der Waals surface area contributed by atoms with Crippen molar-refractivity contribution in [2.24, 2.45) is 0 Å². The molecule has 1 fully saturated rings. The molecule has 0 aliphatic carbocycles. The summed E-state index contributed by atoms with van der Waals surface area (Å²) in [6.07, 6.45) is 4.03. The largest absolute Gasteiger partial charge is 0.396 e. The van der Waals surface area contributed by atoms with Crippen molar-refractivity contribution in [3.63, 3.8) is 0 Å². The fourth-order valence-electron chi connectivity index (χ4n) is 3.10. The molecule has 1 saturated heterocycles. The molecule has 21 heavy (non-hydrogen) atoms. The zero-order valence-corrected chi connectivity index (χ0v) is 12.1. The molecule has 1 aromatic carbocycles. The normalized spacial score (nSPS) is 17.6. The first-order valence-corrected chi connectivity index (χ1v) is 7.66. The van der Waals surface area contributed by atoms with Gasteiger partial charge in [0.05, 0.1) is 5.69 Å². The van der Waals surface area contributed by atoms with Crippen molar-refractivity contribution in [3.05, 3.63) is 29.7 Å². The van der Waals surface area contributed by atoms with Crippen LogP contribution in [-0.2, 0) is 0 Å². The Bertz CT molecular complexity index is 591. The number of unbranched alkanes of at least 4 members (excludes halogenated alkanes) is 1. The van der Waals surface area contributed by atoms with Gasteiger partial charge in [-0.3, -0.25) is 0 Å². The molecule has 0 amide bonds. The molecule has 3 rings (SSSR count). The second-order valence-electron chi connectivity index (χ2n) is 5.75. The summed E-state index contributed by atoms with van der Waals surface area (Å²) in [7, 11) is 0. The number of hydrogen-bond acceptors (Lipinski definition) is 4. The van der Waals surface area contributed by atoms with Crippen molar-refractivity contribution in [2.75, 3.05) is 26.2 Å². The lowest BCUT2D eigenvalue weighted by atomic mass is 9.91. The van der Waals surface area contributed by atoms with Gasteiger partial charge in [0.25, 0.3) is 0 Å². The Morgan fingerprint density at radius 2 is 2.10 bits per heavy atom. The van der Waals surface area contributed by atoms with Gasteiger partial charge in [-0.25, -0.2) is 4.39 Å². The summed E-state index contributed by atoms with van der Waals surface area (Å²) in [5, 5.41) is 13.9. The minimum absolute atomic E-state index is 0.276. The van der Waals surface area contributed by atoms with E-state index in [2.05, 4.69) is 10.1 Å². The first kappa shape index (κ1) is 14.5. The second-order valence-corrected chi connectivity index (χ2v) is 5.75. The minimum atomic E-state index is -0.288. The molecule has 1 N–H and O–H groups in total. The van der Waals surface area contributed by atoms with E-state index in [0.717, 1.165) is 56.4 Å². The molecular weight excluding hydrogens is 271 g/mol. The number of fused-ring (bicyclic) bond motifs is 1. The van der Waals surface area contributed by atoms with Crippen molar-refractivity contribution in [2.45, 2.75) is 31.6 Å². The smallest absolute Gasteiger partial charge is 0.170 e. The van der Waals surface area contributed by atoms with Crippen molar-refractivity contribution < 1.29 is 14.0 Å². The third-order valence-corrected chi connectivity index (χ3v) is 4.32. The molecule has 1 aromatic heterocycles. The number of rotatable bonds is 5. The van der Waals surface area contributed by atoms with Crippen LogP contribution in [0.15, 0.2) is 22.7 Å². The molecule has 0 radical (unpaired) electrons. The third kappa shape index (κ3) is 3.24. The lowest BCUT2D eigenvalue weighted by Gasteiger charge is -2.31. The number of piperidine rings is 1. The van der Waals surface area contributed by atoms with Crippen molar-refractivity contribution in [3.8, 4) is 0 Å². The maximum Gasteiger partial charge on any atom is 0.170 e. The maximum atomic E-state index is 13.2. The Labute approximate surface area is 123 Å². The van der Waals surface area contributed by atoms with Gasteiger partial charge in [-0.15, -0.1) is 0 Å². The summed E-state index contributed by atoms with van der Waals surface area (Å²) >= 11 is 0. The molecule has 0 unspecified atom stereocenters. The quantitative estimate of drug-likeness (QED) is 0.861. The Balaban J connectivity index is 1.63. The van der Waals surface area contributed by atoms with Crippen molar-refractivity contribution in [1.29, 1.82) is 0 Å². The molecule has 1 aliphatic rings. The van der Waals surface area contributed by atoms with Crippen LogP contribution in [0.3, 0.4) is 0 Å².